The minimum atomic E-state index is 0.00830. The largest absolute Gasteiger partial charge is 0.336 e. The Bertz CT molecular complexity index is 695. The highest BCUT2D eigenvalue weighted by Crippen LogP contribution is 2.17. The van der Waals surface area contributed by atoms with Crippen molar-refractivity contribution in [3.63, 3.8) is 0 Å². The van der Waals surface area contributed by atoms with Crippen LogP contribution in [0.15, 0.2) is 36.5 Å². The number of amides is 1. The van der Waals surface area contributed by atoms with E-state index in [1.54, 1.807) is 10.9 Å². The van der Waals surface area contributed by atoms with Crippen LogP contribution in [-0.4, -0.2) is 62.9 Å². The minimum Gasteiger partial charge on any atom is -0.336 e. The Balaban J connectivity index is 1.50. The fourth-order valence-corrected chi connectivity index (χ4v) is 3.72. The number of benzene rings is 1. The number of nitrogens with zero attached hydrogens (tertiary/aromatic N) is 5. The van der Waals surface area contributed by atoms with Crippen LogP contribution < -0.4 is 0 Å². The summed E-state index contributed by atoms with van der Waals surface area (Å²) in [5.74, 6) is 0.00830. The second-order valence-electron chi connectivity index (χ2n) is 6.87. The topological polar surface area (TPSA) is 54.3 Å². The predicted octanol–water partition coefficient (Wildman–Crippen LogP) is 2.47. The summed E-state index contributed by atoms with van der Waals surface area (Å²) in [6.45, 7) is 8.78. The van der Waals surface area contributed by atoms with E-state index in [-0.39, 0.29) is 5.91 Å². The average molecular weight is 355 g/mol. The van der Waals surface area contributed by atoms with E-state index in [4.69, 9.17) is 0 Å². The molecule has 2 heterocycles. The Labute approximate surface area is 155 Å². The van der Waals surface area contributed by atoms with Gasteiger partial charge in [0.05, 0.1) is 6.20 Å². The number of aromatic nitrogens is 3. The van der Waals surface area contributed by atoms with E-state index in [0.717, 1.165) is 52.0 Å². The monoisotopic (exact) mass is 355 g/mol. The van der Waals surface area contributed by atoms with Gasteiger partial charge >= 0.3 is 0 Å². The third kappa shape index (κ3) is 4.49. The summed E-state index contributed by atoms with van der Waals surface area (Å²) >= 11 is 0. The molecule has 1 saturated heterocycles. The first-order valence-corrected chi connectivity index (χ1v) is 9.68. The van der Waals surface area contributed by atoms with Gasteiger partial charge < -0.3 is 4.90 Å². The van der Waals surface area contributed by atoms with Crippen molar-refractivity contribution in [3.05, 3.63) is 47.8 Å². The first-order chi connectivity index (χ1) is 12.7. The molecule has 6 nitrogen and oxygen atoms in total. The van der Waals surface area contributed by atoms with Crippen LogP contribution in [-0.2, 0) is 13.0 Å². The third-order valence-electron chi connectivity index (χ3n) is 5.23. The second kappa shape index (κ2) is 8.94. The lowest BCUT2D eigenvalue weighted by molar-refractivity contribution is 0.0772. The first kappa shape index (κ1) is 18.6. The van der Waals surface area contributed by atoms with Crippen LogP contribution in [0.2, 0.25) is 0 Å². The quantitative estimate of drug-likeness (QED) is 0.730. The van der Waals surface area contributed by atoms with Crippen LogP contribution in [0.1, 0.15) is 42.7 Å². The molecule has 0 spiro atoms. The zero-order valence-corrected chi connectivity index (χ0v) is 15.8. The minimum absolute atomic E-state index is 0.00830. The highest BCUT2D eigenvalue weighted by atomic mass is 16.2. The number of rotatable bonds is 8. The van der Waals surface area contributed by atoms with E-state index in [1.165, 1.54) is 5.56 Å². The Hall–Kier alpha value is -2.21. The van der Waals surface area contributed by atoms with Crippen molar-refractivity contribution < 1.29 is 4.79 Å². The van der Waals surface area contributed by atoms with E-state index in [9.17, 15) is 4.79 Å². The van der Waals surface area contributed by atoms with E-state index in [2.05, 4.69) is 53.3 Å². The molecule has 0 saturated carbocycles. The van der Waals surface area contributed by atoms with Crippen molar-refractivity contribution in [2.75, 3.05) is 26.2 Å². The molecule has 1 aliphatic rings. The Morgan fingerprint density at radius 2 is 2.00 bits per heavy atom. The molecule has 2 aromatic rings. The third-order valence-corrected chi connectivity index (χ3v) is 5.23. The Kier molecular flexibility index (Phi) is 6.39. The van der Waals surface area contributed by atoms with Crippen molar-refractivity contribution in [2.45, 2.75) is 45.7 Å². The van der Waals surface area contributed by atoms with E-state index in [1.807, 2.05) is 11.0 Å². The molecule has 3 rings (SSSR count). The Morgan fingerprint density at radius 1 is 1.23 bits per heavy atom. The van der Waals surface area contributed by atoms with Gasteiger partial charge in [-0.05, 0) is 37.9 Å². The summed E-state index contributed by atoms with van der Waals surface area (Å²) in [4.78, 5) is 17.0. The molecule has 140 valence electrons. The van der Waals surface area contributed by atoms with Crippen molar-refractivity contribution in [1.29, 1.82) is 0 Å². The molecule has 1 aromatic carbocycles. The van der Waals surface area contributed by atoms with Crippen molar-refractivity contribution in [3.8, 4) is 0 Å². The van der Waals surface area contributed by atoms with Crippen LogP contribution in [0, 0.1) is 0 Å². The number of likely N-dealkylation sites (tertiary alicyclic amines) is 1. The predicted molar refractivity (Wildman–Crippen MR) is 102 cm³/mol. The van der Waals surface area contributed by atoms with Crippen LogP contribution >= 0.6 is 0 Å². The summed E-state index contributed by atoms with van der Waals surface area (Å²) in [7, 11) is 0. The highest BCUT2D eigenvalue weighted by Gasteiger charge is 2.30. The number of aryl methyl sites for hydroxylation is 2. The van der Waals surface area contributed by atoms with Gasteiger partial charge in [0.15, 0.2) is 5.69 Å². The number of carbonyl (C=O) groups excluding carboxylic acids is 1. The molecule has 1 aliphatic heterocycles. The van der Waals surface area contributed by atoms with Gasteiger partial charge in [-0.1, -0.05) is 49.4 Å². The van der Waals surface area contributed by atoms with Crippen LogP contribution in [0.5, 0.6) is 0 Å². The molecule has 1 amide bonds. The number of carbonyl (C=O) groups is 1. The van der Waals surface area contributed by atoms with Gasteiger partial charge in [-0.15, -0.1) is 5.10 Å². The highest BCUT2D eigenvalue weighted by molar-refractivity contribution is 5.92. The van der Waals surface area contributed by atoms with E-state index >= 15 is 0 Å². The van der Waals surface area contributed by atoms with Gasteiger partial charge in [-0.2, -0.15) is 0 Å². The van der Waals surface area contributed by atoms with Gasteiger partial charge in [0.25, 0.3) is 5.91 Å². The Morgan fingerprint density at radius 3 is 2.73 bits per heavy atom. The fraction of sp³-hybridized carbons (Fsp3) is 0.550. The molecular formula is C20H29N5O. The van der Waals surface area contributed by atoms with Crippen LogP contribution in [0.4, 0.5) is 0 Å². The second-order valence-corrected chi connectivity index (χ2v) is 6.87. The summed E-state index contributed by atoms with van der Waals surface area (Å²) in [5.41, 5.74) is 1.79. The first-order valence-electron chi connectivity index (χ1n) is 9.68. The summed E-state index contributed by atoms with van der Waals surface area (Å²) in [6.07, 6.45) is 4.81. The van der Waals surface area contributed by atoms with E-state index in [0.29, 0.717) is 11.7 Å². The summed E-state index contributed by atoms with van der Waals surface area (Å²) < 4.78 is 1.79. The smallest absolute Gasteiger partial charge is 0.276 e. The summed E-state index contributed by atoms with van der Waals surface area (Å²) in [6, 6.07) is 10.9. The van der Waals surface area contributed by atoms with Gasteiger partial charge in [0, 0.05) is 25.7 Å². The molecule has 0 aliphatic carbocycles. The molecule has 0 N–H and O–H groups in total. The normalized spacial score (nSPS) is 17.2. The SMILES string of the molecule is CCN(CC)C1CCN(C(=O)c2cn(CCCc3ccccc3)nn2)C1. The number of hydrogen-bond donors (Lipinski definition) is 0. The maximum absolute atomic E-state index is 12.7. The number of likely N-dealkylation sites (N-methyl/N-ethyl adjacent to an activating group) is 1. The van der Waals surface area contributed by atoms with Gasteiger partial charge in [-0.3, -0.25) is 14.4 Å². The van der Waals surface area contributed by atoms with E-state index < -0.39 is 0 Å². The summed E-state index contributed by atoms with van der Waals surface area (Å²) in [5, 5.41) is 8.24. The lowest BCUT2D eigenvalue weighted by atomic mass is 10.1. The lowest BCUT2D eigenvalue weighted by Crippen LogP contribution is -2.38. The zero-order valence-electron chi connectivity index (χ0n) is 15.8. The average Bonchev–Trinajstić information content (AvgIpc) is 3.33. The molecular weight excluding hydrogens is 326 g/mol. The fourth-order valence-electron chi connectivity index (χ4n) is 3.72. The standard InChI is InChI=1S/C20H29N5O/c1-3-23(4-2)18-12-14-24(15-18)20(26)19-16-25(22-21-19)13-8-11-17-9-6-5-7-10-17/h5-7,9-10,16,18H,3-4,8,11-15H2,1-2H3. The molecule has 1 aromatic heterocycles. The van der Waals surface area contributed by atoms with Gasteiger partial charge in [0.1, 0.15) is 0 Å². The van der Waals surface area contributed by atoms with Crippen molar-refractivity contribution in [1.82, 2.24) is 24.8 Å². The van der Waals surface area contributed by atoms with Crippen molar-refractivity contribution >= 4 is 5.91 Å². The lowest BCUT2D eigenvalue weighted by Gasteiger charge is -2.25. The van der Waals surface area contributed by atoms with Crippen LogP contribution in [0.3, 0.4) is 0 Å². The molecule has 1 unspecified atom stereocenters. The maximum atomic E-state index is 12.7. The molecule has 1 fully saturated rings. The number of hydrogen-bond acceptors (Lipinski definition) is 4. The van der Waals surface area contributed by atoms with Crippen molar-refractivity contribution in [2.24, 2.45) is 0 Å². The molecule has 6 heteroatoms. The molecule has 0 bridgehead atoms. The van der Waals surface area contributed by atoms with Gasteiger partial charge in [0.2, 0.25) is 0 Å². The molecule has 26 heavy (non-hydrogen) atoms. The molecule has 1 atom stereocenters. The maximum Gasteiger partial charge on any atom is 0.276 e. The van der Waals surface area contributed by atoms with Crippen LogP contribution in [0.25, 0.3) is 0 Å². The van der Waals surface area contributed by atoms with Gasteiger partial charge in [-0.25, -0.2) is 0 Å². The molecule has 0 radical (unpaired) electrons. The zero-order chi connectivity index (χ0) is 18.4.